The van der Waals surface area contributed by atoms with Crippen molar-refractivity contribution in [3.63, 3.8) is 0 Å². The van der Waals surface area contributed by atoms with E-state index in [-0.39, 0.29) is 11.6 Å². The molecule has 0 amide bonds. The van der Waals surface area contributed by atoms with Crippen LogP contribution in [0.4, 0.5) is 8.78 Å². The number of hydrogen-bond acceptors (Lipinski definition) is 4. The lowest BCUT2D eigenvalue weighted by molar-refractivity contribution is 0.0778. The topological polar surface area (TPSA) is 97.8 Å². The zero-order chi connectivity index (χ0) is 21.6. The van der Waals surface area contributed by atoms with Crippen molar-refractivity contribution in [1.82, 2.24) is 20.4 Å². The van der Waals surface area contributed by atoms with Crippen LogP contribution in [0.1, 0.15) is 38.8 Å². The van der Waals surface area contributed by atoms with E-state index in [1.54, 1.807) is 39.8 Å². The van der Waals surface area contributed by atoms with Crippen LogP contribution in [0.5, 0.6) is 0 Å². The van der Waals surface area contributed by atoms with Crippen LogP contribution >= 0.6 is 22.6 Å². The van der Waals surface area contributed by atoms with Gasteiger partial charge >= 0.3 is 0 Å². The second-order valence-electron chi connectivity index (χ2n) is 7.80. The number of hydrogen-bond donors (Lipinski definition) is 4. The molecular weight excluding hydrogens is 493 g/mol. The second-order valence-corrected chi connectivity index (χ2v) is 8.82. The molecule has 9 heteroatoms. The number of nitrogens with one attached hydrogen (secondary N) is 2. The van der Waals surface area contributed by atoms with Gasteiger partial charge in [0.05, 0.1) is 39.2 Å². The molecule has 0 radical (unpaired) electrons. The zero-order valence-electron chi connectivity index (χ0n) is 16.3. The van der Waals surface area contributed by atoms with Gasteiger partial charge < -0.3 is 10.2 Å². The van der Waals surface area contributed by atoms with Crippen LogP contribution < -0.4 is 0 Å². The van der Waals surface area contributed by atoms with Crippen LogP contribution in [0.25, 0.3) is 21.8 Å². The molecule has 6 nitrogen and oxygen atoms in total. The van der Waals surface area contributed by atoms with Crippen molar-refractivity contribution in [3.05, 3.63) is 56.9 Å². The van der Waals surface area contributed by atoms with Crippen molar-refractivity contribution in [2.45, 2.75) is 38.9 Å². The first-order chi connectivity index (χ1) is 13.4. The van der Waals surface area contributed by atoms with Crippen LogP contribution in [-0.2, 0) is 11.2 Å². The van der Waals surface area contributed by atoms with Gasteiger partial charge in [-0.2, -0.15) is 10.2 Å². The highest BCUT2D eigenvalue weighted by Crippen LogP contribution is 2.28. The van der Waals surface area contributed by atoms with Crippen molar-refractivity contribution in [3.8, 4) is 0 Å². The summed E-state index contributed by atoms with van der Waals surface area (Å²) in [5.41, 5.74) is 0.184. The largest absolute Gasteiger partial charge is 0.386 e. The Morgan fingerprint density at radius 1 is 0.862 bits per heavy atom. The summed E-state index contributed by atoms with van der Waals surface area (Å²) < 4.78 is 27.7. The van der Waals surface area contributed by atoms with Crippen molar-refractivity contribution in [2.24, 2.45) is 0 Å². The minimum Gasteiger partial charge on any atom is -0.386 e. The minimum absolute atomic E-state index is 0.359. The van der Waals surface area contributed by atoms with Gasteiger partial charge in [0, 0.05) is 0 Å². The maximum atomic E-state index is 13.7. The predicted octanol–water partition coefficient (Wildman–Crippen LogP) is 4.46. The third-order valence-electron chi connectivity index (χ3n) is 4.49. The van der Waals surface area contributed by atoms with E-state index in [1.165, 1.54) is 18.3 Å². The normalized spacial score (nSPS) is 12.3. The number of aromatic nitrogens is 4. The van der Waals surface area contributed by atoms with Crippen molar-refractivity contribution in [2.75, 3.05) is 0 Å². The summed E-state index contributed by atoms with van der Waals surface area (Å²) in [6.07, 6.45) is 1.43. The molecule has 4 N–H and O–H groups in total. The van der Waals surface area contributed by atoms with E-state index >= 15 is 0 Å². The van der Waals surface area contributed by atoms with Crippen molar-refractivity contribution in [1.29, 1.82) is 0 Å². The Morgan fingerprint density at radius 3 is 2.00 bits per heavy atom. The van der Waals surface area contributed by atoms with E-state index in [9.17, 15) is 19.0 Å². The first-order valence-electron chi connectivity index (χ1n) is 8.79. The molecule has 4 rings (SSSR count). The van der Waals surface area contributed by atoms with Crippen LogP contribution in [-0.4, -0.2) is 30.6 Å². The van der Waals surface area contributed by atoms with Crippen molar-refractivity contribution >= 4 is 44.4 Å². The van der Waals surface area contributed by atoms with E-state index in [0.29, 0.717) is 36.6 Å². The highest BCUT2D eigenvalue weighted by molar-refractivity contribution is 14.1. The molecule has 4 aromatic rings. The molecule has 0 unspecified atom stereocenters. The molecule has 29 heavy (non-hydrogen) atoms. The van der Waals surface area contributed by atoms with Gasteiger partial charge in [0.2, 0.25) is 0 Å². The first-order valence-corrected chi connectivity index (χ1v) is 9.87. The van der Waals surface area contributed by atoms with Crippen LogP contribution in [0, 0.1) is 15.3 Å². The number of halogens is 3. The summed E-state index contributed by atoms with van der Waals surface area (Å²) in [5.74, 6) is -0.726. The van der Waals surface area contributed by atoms with E-state index in [4.69, 9.17) is 0 Å². The Kier molecular flexibility index (Phi) is 5.67. The molecule has 0 saturated carbocycles. The standard InChI is InChI=1S/C10H10FIN2O.C10H11FN2O/c1-10(2,15)5-3-6(11)8-7(4-5)13-14-9(8)12;1-10(2,14)6-3-8(11)7-5-12-13-9(7)4-6/h3-4,15H,1-2H3,(H,13,14);3-5,14H,1-2H3,(H,12,13). The van der Waals surface area contributed by atoms with Gasteiger partial charge in [0.1, 0.15) is 15.3 Å². The molecule has 0 atom stereocenters. The highest BCUT2D eigenvalue weighted by Gasteiger charge is 2.20. The molecule has 0 aliphatic rings. The Labute approximate surface area is 179 Å². The average Bonchev–Trinajstić information content (AvgIpc) is 3.21. The van der Waals surface area contributed by atoms with Crippen LogP contribution in [0.3, 0.4) is 0 Å². The van der Waals surface area contributed by atoms with E-state index < -0.39 is 11.2 Å². The van der Waals surface area contributed by atoms with Gasteiger partial charge in [0.15, 0.2) is 0 Å². The summed E-state index contributed by atoms with van der Waals surface area (Å²) in [6, 6.07) is 6.09. The number of fused-ring (bicyclic) bond motifs is 2. The van der Waals surface area contributed by atoms with Crippen LogP contribution in [0.15, 0.2) is 30.5 Å². The Balaban J connectivity index is 0.000000166. The lowest BCUT2D eigenvalue weighted by Gasteiger charge is -2.17. The van der Waals surface area contributed by atoms with Gasteiger partial charge in [-0.25, -0.2) is 8.78 Å². The summed E-state index contributed by atoms with van der Waals surface area (Å²) in [4.78, 5) is 0. The van der Waals surface area contributed by atoms with E-state index in [1.807, 2.05) is 22.6 Å². The molecule has 0 saturated heterocycles. The third kappa shape index (κ3) is 4.57. The Morgan fingerprint density at radius 2 is 1.41 bits per heavy atom. The average molecular weight is 514 g/mol. The molecule has 0 spiro atoms. The SMILES string of the molecule is CC(C)(O)c1cc(F)c2c(I)n[nH]c2c1.CC(C)(O)c1cc(F)c2cn[nH]c2c1. The molecule has 0 aliphatic carbocycles. The maximum absolute atomic E-state index is 13.7. The number of nitrogens with zero attached hydrogens (tertiary/aromatic N) is 2. The van der Waals surface area contributed by atoms with E-state index in [0.717, 1.165) is 0 Å². The lowest BCUT2D eigenvalue weighted by Crippen LogP contribution is -2.15. The summed E-state index contributed by atoms with van der Waals surface area (Å²) >= 11 is 1.97. The monoisotopic (exact) mass is 514 g/mol. The van der Waals surface area contributed by atoms with Crippen LogP contribution in [0.2, 0.25) is 0 Å². The molecule has 0 bridgehead atoms. The van der Waals surface area contributed by atoms with Gasteiger partial charge in [-0.3, -0.25) is 10.2 Å². The summed E-state index contributed by atoms with van der Waals surface area (Å²) in [5, 5.41) is 33.5. The number of aromatic amines is 2. The number of rotatable bonds is 2. The third-order valence-corrected chi connectivity index (χ3v) is 5.27. The molecule has 2 heterocycles. The minimum atomic E-state index is -1.05. The fourth-order valence-electron chi connectivity index (χ4n) is 2.78. The smallest absolute Gasteiger partial charge is 0.135 e. The highest BCUT2D eigenvalue weighted by atomic mass is 127. The van der Waals surface area contributed by atoms with E-state index in [2.05, 4.69) is 20.4 Å². The number of aliphatic hydroxyl groups is 2. The molecule has 0 aliphatic heterocycles. The Bertz CT molecular complexity index is 1170. The zero-order valence-corrected chi connectivity index (χ0v) is 18.5. The van der Waals surface area contributed by atoms with Crippen molar-refractivity contribution < 1.29 is 19.0 Å². The maximum Gasteiger partial charge on any atom is 0.135 e. The lowest BCUT2D eigenvalue weighted by atomic mass is 9.97. The number of benzene rings is 2. The fraction of sp³-hybridized carbons (Fsp3) is 0.300. The molecule has 2 aromatic heterocycles. The van der Waals surface area contributed by atoms with Gasteiger partial charge in [0.25, 0.3) is 0 Å². The predicted molar refractivity (Wildman–Crippen MR) is 115 cm³/mol. The second kappa shape index (κ2) is 7.62. The summed E-state index contributed by atoms with van der Waals surface area (Å²) in [7, 11) is 0. The fourth-order valence-corrected chi connectivity index (χ4v) is 3.45. The van der Waals surface area contributed by atoms with Gasteiger partial charge in [-0.15, -0.1) is 0 Å². The Hall–Kier alpha value is -2.11. The molecule has 0 fully saturated rings. The quantitative estimate of drug-likeness (QED) is 0.297. The van der Waals surface area contributed by atoms with Gasteiger partial charge in [-0.05, 0) is 85.7 Å². The molecule has 154 valence electrons. The summed E-state index contributed by atoms with van der Waals surface area (Å²) in [6.45, 7) is 6.47. The number of H-pyrrole nitrogens is 2. The first kappa shape index (κ1) is 21.6. The molecular formula is C20H21F2IN4O2. The molecule has 2 aromatic carbocycles. The van der Waals surface area contributed by atoms with Gasteiger partial charge in [-0.1, -0.05) is 0 Å².